The molecule has 92 valence electrons. The van der Waals surface area contributed by atoms with Gasteiger partial charge < -0.3 is 10.1 Å². The van der Waals surface area contributed by atoms with Gasteiger partial charge in [-0.1, -0.05) is 0 Å². The first kappa shape index (κ1) is 11.8. The van der Waals surface area contributed by atoms with Crippen LogP contribution >= 0.6 is 0 Å². The van der Waals surface area contributed by atoms with Gasteiger partial charge in [0.2, 0.25) is 5.95 Å². The van der Waals surface area contributed by atoms with Crippen LogP contribution in [0.4, 0.5) is 10.7 Å². The van der Waals surface area contributed by atoms with Crippen LogP contribution in [0.1, 0.15) is 12.8 Å². The highest BCUT2D eigenvalue weighted by atomic mass is 16.5. The lowest BCUT2D eigenvalue weighted by atomic mass is 10.0. The Morgan fingerprint density at radius 2 is 2.06 bits per heavy atom. The van der Waals surface area contributed by atoms with Crippen molar-refractivity contribution < 1.29 is 9.53 Å². The number of nitrogens with zero attached hydrogens (tertiary/aromatic N) is 2. The fourth-order valence-corrected chi connectivity index (χ4v) is 1.70. The second-order valence-corrected chi connectivity index (χ2v) is 3.96. The van der Waals surface area contributed by atoms with Crippen molar-refractivity contribution in [2.24, 2.45) is 5.92 Å². The van der Waals surface area contributed by atoms with Crippen LogP contribution in [0.5, 0.6) is 0 Å². The Hall–Kier alpha value is -1.69. The summed E-state index contributed by atoms with van der Waals surface area (Å²) < 4.78 is 5.25. The molecule has 2 heterocycles. The molecular weight excluding hydrogens is 220 g/mol. The van der Waals surface area contributed by atoms with E-state index in [0.717, 1.165) is 26.1 Å². The van der Waals surface area contributed by atoms with Crippen LogP contribution in [0.15, 0.2) is 18.5 Å². The van der Waals surface area contributed by atoms with E-state index in [0.29, 0.717) is 18.4 Å². The first-order valence-corrected chi connectivity index (χ1v) is 5.74. The first-order valence-electron chi connectivity index (χ1n) is 5.74. The minimum Gasteiger partial charge on any atom is -0.381 e. The maximum absolute atomic E-state index is 11.5. The highest BCUT2D eigenvalue weighted by Crippen LogP contribution is 2.13. The van der Waals surface area contributed by atoms with Crippen LogP contribution in [0.25, 0.3) is 0 Å². The van der Waals surface area contributed by atoms with Crippen molar-refractivity contribution in [1.29, 1.82) is 0 Å². The third-order valence-corrected chi connectivity index (χ3v) is 2.68. The van der Waals surface area contributed by atoms with Crippen LogP contribution in [0, 0.1) is 5.92 Å². The van der Waals surface area contributed by atoms with Crippen molar-refractivity contribution in [2.45, 2.75) is 12.8 Å². The number of carbonyl (C=O) groups is 1. The van der Waals surface area contributed by atoms with E-state index in [-0.39, 0.29) is 6.03 Å². The highest BCUT2D eigenvalue weighted by molar-refractivity contribution is 5.87. The smallest absolute Gasteiger partial charge is 0.321 e. The Labute approximate surface area is 99.8 Å². The molecule has 1 fully saturated rings. The molecule has 0 atom stereocenters. The number of aromatic nitrogens is 2. The topological polar surface area (TPSA) is 76.1 Å². The zero-order valence-corrected chi connectivity index (χ0v) is 9.56. The summed E-state index contributed by atoms with van der Waals surface area (Å²) in [5.74, 6) is 0.822. The standard InChI is InChI=1S/C11H16N4O2/c16-11(15-10-12-4-1-5-13-10)14-8-9-2-6-17-7-3-9/h1,4-5,9H,2-3,6-8H2,(H2,12,13,14,15,16). The number of ether oxygens (including phenoxy) is 1. The molecule has 2 N–H and O–H groups in total. The zero-order valence-electron chi connectivity index (χ0n) is 9.56. The van der Waals surface area contributed by atoms with Gasteiger partial charge in [-0.2, -0.15) is 0 Å². The SMILES string of the molecule is O=C(NCC1CCOCC1)Nc1ncccn1. The largest absolute Gasteiger partial charge is 0.381 e. The van der Waals surface area contributed by atoms with Crippen LogP contribution in [-0.2, 0) is 4.74 Å². The van der Waals surface area contributed by atoms with E-state index >= 15 is 0 Å². The summed E-state index contributed by atoms with van der Waals surface area (Å²) in [6.45, 7) is 2.24. The van der Waals surface area contributed by atoms with Crippen LogP contribution in [0.3, 0.4) is 0 Å². The molecule has 1 aromatic rings. The number of carbonyl (C=O) groups excluding carboxylic acids is 1. The summed E-state index contributed by atoms with van der Waals surface area (Å²) in [4.78, 5) is 19.3. The lowest BCUT2D eigenvalue weighted by Gasteiger charge is -2.22. The Bertz CT molecular complexity index is 352. The molecule has 2 amide bonds. The van der Waals surface area contributed by atoms with Gasteiger partial charge in [0.25, 0.3) is 0 Å². The van der Waals surface area contributed by atoms with Gasteiger partial charge in [0.05, 0.1) is 0 Å². The molecule has 17 heavy (non-hydrogen) atoms. The monoisotopic (exact) mass is 236 g/mol. The number of nitrogens with one attached hydrogen (secondary N) is 2. The van der Waals surface area contributed by atoms with Crippen molar-refractivity contribution in [3.05, 3.63) is 18.5 Å². The van der Waals surface area contributed by atoms with E-state index in [4.69, 9.17) is 4.74 Å². The molecule has 0 bridgehead atoms. The van der Waals surface area contributed by atoms with Gasteiger partial charge in [0.15, 0.2) is 0 Å². The summed E-state index contributed by atoms with van der Waals surface area (Å²) in [6.07, 6.45) is 5.17. The normalized spacial score (nSPS) is 16.5. The van der Waals surface area contributed by atoms with E-state index in [9.17, 15) is 4.79 Å². The summed E-state index contributed by atoms with van der Waals surface area (Å²) in [6, 6.07) is 1.44. The predicted octanol–water partition coefficient (Wildman–Crippen LogP) is 1.02. The molecule has 2 rings (SSSR count). The molecule has 1 aliphatic rings. The molecule has 0 aromatic carbocycles. The molecule has 6 heteroatoms. The molecule has 0 radical (unpaired) electrons. The Morgan fingerprint density at radius 1 is 1.35 bits per heavy atom. The van der Waals surface area contributed by atoms with Gasteiger partial charge in [-0.15, -0.1) is 0 Å². The molecule has 1 aromatic heterocycles. The van der Waals surface area contributed by atoms with Gasteiger partial charge in [-0.3, -0.25) is 5.32 Å². The molecule has 0 saturated carbocycles. The molecule has 0 unspecified atom stereocenters. The third kappa shape index (κ3) is 3.99. The number of anilines is 1. The van der Waals surface area contributed by atoms with E-state index in [1.54, 1.807) is 18.5 Å². The van der Waals surface area contributed by atoms with Gasteiger partial charge in [-0.25, -0.2) is 14.8 Å². The van der Waals surface area contributed by atoms with E-state index in [2.05, 4.69) is 20.6 Å². The number of urea groups is 1. The molecule has 1 saturated heterocycles. The summed E-state index contributed by atoms with van der Waals surface area (Å²) in [5, 5.41) is 5.39. The third-order valence-electron chi connectivity index (χ3n) is 2.68. The quantitative estimate of drug-likeness (QED) is 0.821. The van der Waals surface area contributed by atoms with Gasteiger partial charge in [0.1, 0.15) is 0 Å². The summed E-state index contributed by atoms with van der Waals surface area (Å²) in [7, 11) is 0. The summed E-state index contributed by atoms with van der Waals surface area (Å²) >= 11 is 0. The number of rotatable bonds is 3. The molecule has 1 aliphatic heterocycles. The summed E-state index contributed by atoms with van der Waals surface area (Å²) in [5.41, 5.74) is 0. The molecule has 0 aliphatic carbocycles. The van der Waals surface area contributed by atoms with Crippen molar-refractivity contribution in [3.8, 4) is 0 Å². The minimum atomic E-state index is -0.261. The van der Waals surface area contributed by atoms with Crippen LogP contribution < -0.4 is 10.6 Å². The second-order valence-electron chi connectivity index (χ2n) is 3.96. The fourth-order valence-electron chi connectivity index (χ4n) is 1.70. The molecular formula is C11H16N4O2. The Balaban J connectivity index is 1.70. The lowest BCUT2D eigenvalue weighted by molar-refractivity contribution is 0.0671. The van der Waals surface area contributed by atoms with Crippen molar-refractivity contribution in [2.75, 3.05) is 25.1 Å². The Morgan fingerprint density at radius 3 is 2.76 bits per heavy atom. The number of hydrogen-bond donors (Lipinski definition) is 2. The second kappa shape index (κ2) is 6.15. The van der Waals surface area contributed by atoms with Gasteiger partial charge >= 0.3 is 6.03 Å². The zero-order chi connectivity index (χ0) is 11.9. The molecule has 0 spiro atoms. The van der Waals surface area contributed by atoms with Crippen molar-refractivity contribution in [1.82, 2.24) is 15.3 Å². The molecule has 6 nitrogen and oxygen atoms in total. The minimum absolute atomic E-state index is 0.261. The van der Waals surface area contributed by atoms with Crippen LogP contribution in [-0.4, -0.2) is 35.8 Å². The maximum atomic E-state index is 11.5. The van der Waals surface area contributed by atoms with Crippen molar-refractivity contribution >= 4 is 12.0 Å². The van der Waals surface area contributed by atoms with Crippen molar-refractivity contribution in [3.63, 3.8) is 0 Å². The average Bonchev–Trinajstić information content (AvgIpc) is 2.39. The lowest BCUT2D eigenvalue weighted by Crippen LogP contribution is -2.35. The van der Waals surface area contributed by atoms with E-state index in [1.807, 2.05) is 0 Å². The predicted molar refractivity (Wildman–Crippen MR) is 62.6 cm³/mol. The highest BCUT2D eigenvalue weighted by Gasteiger charge is 2.14. The van der Waals surface area contributed by atoms with E-state index in [1.165, 1.54) is 0 Å². The average molecular weight is 236 g/mol. The van der Waals surface area contributed by atoms with Gasteiger partial charge in [-0.05, 0) is 24.8 Å². The van der Waals surface area contributed by atoms with E-state index < -0.39 is 0 Å². The fraction of sp³-hybridized carbons (Fsp3) is 0.545. The van der Waals surface area contributed by atoms with Crippen LogP contribution in [0.2, 0.25) is 0 Å². The van der Waals surface area contributed by atoms with Gasteiger partial charge in [0, 0.05) is 32.2 Å². The maximum Gasteiger partial charge on any atom is 0.321 e. The number of amides is 2. The first-order chi connectivity index (χ1) is 8.34. The number of hydrogen-bond acceptors (Lipinski definition) is 4. The Kier molecular flexibility index (Phi) is 4.26.